The summed E-state index contributed by atoms with van der Waals surface area (Å²) in [5.41, 5.74) is 1.87. The number of fused-ring (bicyclic) bond motifs is 1. The molecule has 0 aliphatic carbocycles. The quantitative estimate of drug-likeness (QED) is 0.733. The highest BCUT2D eigenvalue weighted by Gasteiger charge is 2.14. The van der Waals surface area contributed by atoms with Crippen LogP contribution in [-0.4, -0.2) is 18.0 Å². The zero-order chi connectivity index (χ0) is 9.47. The molecule has 0 saturated heterocycles. The molecule has 1 aromatic carbocycles. The molecule has 0 bridgehead atoms. The molecule has 0 spiro atoms. The van der Waals surface area contributed by atoms with Crippen molar-refractivity contribution in [2.75, 3.05) is 0 Å². The molecule has 1 heterocycles. The number of nitrogens with zero attached hydrogens (tertiary/aromatic N) is 1. The van der Waals surface area contributed by atoms with E-state index in [1.165, 1.54) is 17.4 Å². The smallest absolute Gasteiger partial charge is 0.282 e. The summed E-state index contributed by atoms with van der Waals surface area (Å²) in [6.07, 6.45) is 0. The zero-order valence-corrected chi connectivity index (χ0v) is 7.97. The third kappa shape index (κ3) is 1.43. The van der Waals surface area contributed by atoms with Crippen LogP contribution in [0.2, 0.25) is 0 Å². The number of para-hydroxylation sites is 1. The Labute approximate surface area is 78.6 Å². The molecule has 0 aliphatic rings. The summed E-state index contributed by atoms with van der Waals surface area (Å²) in [7, 11) is -4.16. The Morgan fingerprint density at radius 3 is 2.85 bits per heavy atom. The second kappa shape index (κ2) is 2.76. The minimum atomic E-state index is -4.16. The van der Waals surface area contributed by atoms with E-state index in [2.05, 4.69) is 4.98 Å². The monoisotopic (exact) mass is 215 g/mol. The van der Waals surface area contributed by atoms with E-state index in [4.69, 9.17) is 4.55 Å². The van der Waals surface area contributed by atoms with Crippen molar-refractivity contribution in [1.29, 1.82) is 0 Å². The lowest BCUT2D eigenvalue weighted by Gasteiger charge is -1.96. The van der Waals surface area contributed by atoms with E-state index >= 15 is 0 Å². The molecule has 0 aliphatic heterocycles. The molecule has 0 unspecified atom stereocenters. The Bertz CT molecular complexity index is 544. The Balaban J connectivity index is 2.91. The SMILES string of the molecule is O=S(=O)(O)c1cccc2scnc12. The fourth-order valence-corrected chi connectivity index (χ4v) is 2.49. The summed E-state index contributed by atoms with van der Waals surface area (Å²) < 4.78 is 31.3. The summed E-state index contributed by atoms with van der Waals surface area (Å²) in [4.78, 5) is 3.73. The maximum absolute atomic E-state index is 10.9. The number of rotatable bonds is 1. The van der Waals surface area contributed by atoms with Crippen LogP contribution < -0.4 is 0 Å². The molecule has 2 rings (SSSR count). The van der Waals surface area contributed by atoms with Crippen molar-refractivity contribution in [3.63, 3.8) is 0 Å². The minimum Gasteiger partial charge on any atom is -0.282 e. The van der Waals surface area contributed by atoms with Crippen LogP contribution in [0.5, 0.6) is 0 Å². The van der Waals surface area contributed by atoms with Crippen LogP contribution in [0.3, 0.4) is 0 Å². The molecular weight excluding hydrogens is 210 g/mol. The van der Waals surface area contributed by atoms with Gasteiger partial charge in [-0.1, -0.05) is 6.07 Å². The lowest BCUT2D eigenvalue weighted by molar-refractivity contribution is 0.484. The largest absolute Gasteiger partial charge is 0.296 e. The summed E-state index contributed by atoms with van der Waals surface area (Å²) in [5.74, 6) is 0. The fraction of sp³-hybridized carbons (Fsp3) is 0. The van der Waals surface area contributed by atoms with E-state index in [1.54, 1.807) is 17.6 Å². The number of hydrogen-bond donors (Lipinski definition) is 1. The van der Waals surface area contributed by atoms with Crippen LogP contribution in [0.4, 0.5) is 0 Å². The Morgan fingerprint density at radius 1 is 1.38 bits per heavy atom. The number of benzene rings is 1. The van der Waals surface area contributed by atoms with E-state index in [0.717, 1.165) is 4.70 Å². The third-order valence-electron chi connectivity index (χ3n) is 1.60. The predicted molar refractivity (Wildman–Crippen MR) is 49.4 cm³/mol. The van der Waals surface area contributed by atoms with Crippen LogP contribution in [0, 0.1) is 0 Å². The van der Waals surface area contributed by atoms with Crippen molar-refractivity contribution < 1.29 is 13.0 Å². The minimum absolute atomic E-state index is 0.133. The normalized spacial score (nSPS) is 12.1. The number of thiazole rings is 1. The maximum Gasteiger partial charge on any atom is 0.296 e. The molecule has 6 heteroatoms. The van der Waals surface area contributed by atoms with E-state index in [0.29, 0.717) is 5.52 Å². The van der Waals surface area contributed by atoms with Crippen LogP contribution in [0.25, 0.3) is 10.2 Å². The summed E-state index contributed by atoms with van der Waals surface area (Å²) >= 11 is 1.33. The third-order valence-corrected chi connectivity index (χ3v) is 3.28. The Morgan fingerprint density at radius 2 is 2.15 bits per heavy atom. The molecule has 1 aromatic heterocycles. The number of hydrogen-bond acceptors (Lipinski definition) is 4. The average molecular weight is 215 g/mol. The topological polar surface area (TPSA) is 67.3 Å². The van der Waals surface area contributed by atoms with Gasteiger partial charge in [-0.15, -0.1) is 11.3 Å². The van der Waals surface area contributed by atoms with Gasteiger partial charge in [0.15, 0.2) is 0 Å². The lowest BCUT2D eigenvalue weighted by atomic mass is 10.3. The molecule has 0 radical (unpaired) electrons. The first-order chi connectivity index (χ1) is 6.09. The average Bonchev–Trinajstić information content (AvgIpc) is 2.48. The molecule has 13 heavy (non-hydrogen) atoms. The van der Waals surface area contributed by atoms with Gasteiger partial charge in [-0.3, -0.25) is 4.55 Å². The first-order valence-corrected chi connectivity index (χ1v) is 5.71. The molecule has 68 valence electrons. The highest BCUT2D eigenvalue weighted by atomic mass is 32.2. The highest BCUT2D eigenvalue weighted by Crippen LogP contribution is 2.24. The fourth-order valence-electron chi connectivity index (χ4n) is 1.07. The predicted octanol–water partition coefficient (Wildman–Crippen LogP) is 1.54. The van der Waals surface area contributed by atoms with Gasteiger partial charge in [0, 0.05) is 0 Å². The van der Waals surface area contributed by atoms with Crippen molar-refractivity contribution in [2.45, 2.75) is 4.90 Å². The van der Waals surface area contributed by atoms with Gasteiger partial charge in [0.2, 0.25) is 0 Å². The summed E-state index contributed by atoms with van der Waals surface area (Å²) in [6.45, 7) is 0. The van der Waals surface area contributed by atoms with Crippen LogP contribution in [-0.2, 0) is 10.1 Å². The van der Waals surface area contributed by atoms with Gasteiger partial charge in [-0.2, -0.15) is 8.42 Å². The molecule has 1 N–H and O–H groups in total. The Kier molecular flexibility index (Phi) is 1.83. The second-order valence-electron chi connectivity index (χ2n) is 2.43. The van der Waals surface area contributed by atoms with Gasteiger partial charge >= 0.3 is 0 Å². The van der Waals surface area contributed by atoms with Gasteiger partial charge in [0.1, 0.15) is 10.4 Å². The standard InChI is InChI=1S/C7H5NO3S2/c9-13(10,11)6-3-1-2-5-7(6)8-4-12-5/h1-4H,(H,9,10,11). The summed E-state index contributed by atoms with van der Waals surface area (Å²) in [6, 6.07) is 4.66. The van der Waals surface area contributed by atoms with E-state index < -0.39 is 10.1 Å². The Hall–Kier alpha value is -0.980. The highest BCUT2D eigenvalue weighted by molar-refractivity contribution is 7.86. The zero-order valence-electron chi connectivity index (χ0n) is 6.34. The van der Waals surface area contributed by atoms with Gasteiger partial charge in [-0.05, 0) is 12.1 Å². The van der Waals surface area contributed by atoms with Crippen molar-refractivity contribution in [1.82, 2.24) is 4.98 Å². The second-order valence-corrected chi connectivity index (χ2v) is 4.71. The maximum atomic E-state index is 10.9. The molecule has 0 atom stereocenters. The van der Waals surface area contributed by atoms with Gasteiger partial charge < -0.3 is 0 Å². The lowest BCUT2D eigenvalue weighted by Crippen LogP contribution is -1.98. The van der Waals surface area contributed by atoms with Crippen molar-refractivity contribution in [3.8, 4) is 0 Å². The van der Waals surface area contributed by atoms with Gasteiger partial charge in [0.25, 0.3) is 10.1 Å². The van der Waals surface area contributed by atoms with Crippen LogP contribution >= 0.6 is 11.3 Å². The van der Waals surface area contributed by atoms with Crippen LogP contribution in [0.1, 0.15) is 0 Å². The molecule has 0 amide bonds. The van der Waals surface area contributed by atoms with E-state index in [-0.39, 0.29) is 4.90 Å². The van der Waals surface area contributed by atoms with E-state index in [9.17, 15) is 8.42 Å². The van der Waals surface area contributed by atoms with E-state index in [1.807, 2.05) is 0 Å². The van der Waals surface area contributed by atoms with Crippen molar-refractivity contribution >= 4 is 31.7 Å². The molecule has 0 saturated carbocycles. The van der Waals surface area contributed by atoms with Crippen molar-refractivity contribution in [3.05, 3.63) is 23.7 Å². The van der Waals surface area contributed by atoms with Crippen molar-refractivity contribution in [2.24, 2.45) is 0 Å². The van der Waals surface area contributed by atoms with Gasteiger partial charge in [0.05, 0.1) is 10.2 Å². The molecule has 4 nitrogen and oxygen atoms in total. The first kappa shape index (κ1) is 8.61. The molecule has 0 fully saturated rings. The number of aromatic nitrogens is 1. The molecular formula is C7H5NO3S2. The van der Waals surface area contributed by atoms with Gasteiger partial charge in [-0.25, -0.2) is 4.98 Å². The van der Waals surface area contributed by atoms with Crippen LogP contribution in [0.15, 0.2) is 28.6 Å². The summed E-state index contributed by atoms with van der Waals surface area (Å²) in [5, 5.41) is 0. The first-order valence-electron chi connectivity index (χ1n) is 3.39. The molecule has 2 aromatic rings.